The summed E-state index contributed by atoms with van der Waals surface area (Å²) in [6, 6.07) is 11.9. The second-order valence-electron chi connectivity index (χ2n) is 4.16. The smallest absolute Gasteiger partial charge is 0.218 e. The maximum atomic E-state index is 11.4. The molecule has 0 atom stereocenters. The molecule has 20 heavy (non-hydrogen) atoms. The molecule has 0 unspecified atom stereocenters. The van der Waals surface area contributed by atoms with Gasteiger partial charge in [-0.2, -0.15) is 0 Å². The Morgan fingerprint density at radius 1 is 1.10 bits per heavy atom. The third kappa shape index (κ3) is 2.99. The second kappa shape index (κ2) is 6.05. The van der Waals surface area contributed by atoms with E-state index in [2.05, 4.69) is 0 Å². The number of hydrogen-bond donors (Lipinski definition) is 2. The van der Waals surface area contributed by atoms with Gasteiger partial charge in [-0.15, -0.1) is 0 Å². The molecule has 0 fully saturated rings. The van der Waals surface area contributed by atoms with Gasteiger partial charge in [0.2, 0.25) is 12.1 Å². The zero-order valence-electron chi connectivity index (χ0n) is 10.7. The van der Waals surface area contributed by atoms with Crippen LogP contribution in [-0.2, 0) is 0 Å². The Morgan fingerprint density at radius 2 is 1.70 bits per heavy atom. The Hall–Kier alpha value is -1.88. The second-order valence-corrected chi connectivity index (χ2v) is 4.57. The number of ketones is 1. The molecule has 0 saturated carbocycles. The highest BCUT2D eigenvalue weighted by molar-refractivity contribution is 6.32. The first kappa shape index (κ1) is 14.5. The number of carbonyl (C=O) groups is 1. The molecular weight excluding hydrogens is 280 g/mol. The van der Waals surface area contributed by atoms with Crippen molar-refractivity contribution in [2.75, 3.05) is 7.11 Å². The average molecular weight is 293 g/mol. The van der Waals surface area contributed by atoms with Gasteiger partial charge in [0.05, 0.1) is 12.1 Å². The normalized spacial score (nSPS) is 10.7. The van der Waals surface area contributed by atoms with Gasteiger partial charge in [0.25, 0.3) is 0 Å². The van der Waals surface area contributed by atoms with E-state index in [-0.39, 0.29) is 5.56 Å². The van der Waals surface area contributed by atoms with Crippen molar-refractivity contribution in [2.24, 2.45) is 0 Å². The molecular formula is C15H13ClO4. The number of hydrogen-bond acceptors (Lipinski definition) is 4. The van der Waals surface area contributed by atoms with Gasteiger partial charge >= 0.3 is 0 Å². The van der Waals surface area contributed by atoms with Gasteiger partial charge in [-0.05, 0) is 23.3 Å². The summed E-state index contributed by atoms with van der Waals surface area (Å²) in [6.07, 6.45) is -1.99. The summed E-state index contributed by atoms with van der Waals surface area (Å²) >= 11 is 6.06. The number of halogens is 1. The van der Waals surface area contributed by atoms with E-state index in [9.17, 15) is 4.79 Å². The number of methoxy groups -OCH3 is 1. The van der Waals surface area contributed by atoms with E-state index in [4.69, 9.17) is 26.6 Å². The van der Waals surface area contributed by atoms with Crippen LogP contribution in [0.1, 0.15) is 10.4 Å². The molecule has 0 aliphatic heterocycles. The summed E-state index contributed by atoms with van der Waals surface area (Å²) in [5.41, 5.74) is 1.97. The molecule has 0 aromatic heterocycles. The van der Waals surface area contributed by atoms with Gasteiger partial charge in [-0.3, -0.25) is 4.79 Å². The number of carbonyl (C=O) groups excluding carboxylic acids is 1. The van der Waals surface area contributed by atoms with Crippen molar-refractivity contribution in [2.45, 2.75) is 6.29 Å². The third-order valence-electron chi connectivity index (χ3n) is 2.89. The van der Waals surface area contributed by atoms with Crippen LogP contribution in [0.25, 0.3) is 11.1 Å². The SMILES string of the molecule is COc1ccc(-c2ccc(C(=O)C(O)O)cc2)cc1Cl. The molecule has 5 heteroatoms. The summed E-state index contributed by atoms with van der Waals surface area (Å²) in [6.45, 7) is 0. The van der Waals surface area contributed by atoms with E-state index >= 15 is 0 Å². The molecule has 0 bridgehead atoms. The molecule has 2 N–H and O–H groups in total. The zero-order valence-corrected chi connectivity index (χ0v) is 11.5. The Morgan fingerprint density at radius 3 is 2.20 bits per heavy atom. The molecule has 0 aliphatic carbocycles. The Bertz CT molecular complexity index is 620. The molecule has 0 amide bonds. The number of Topliss-reactive ketones (excluding diaryl/α,β-unsaturated/α-hetero) is 1. The van der Waals surface area contributed by atoms with Gasteiger partial charge < -0.3 is 14.9 Å². The Balaban J connectivity index is 2.30. The predicted octanol–water partition coefficient (Wildman–Crippen LogP) is 2.51. The van der Waals surface area contributed by atoms with Crippen molar-refractivity contribution in [1.29, 1.82) is 0 Å². The average Bonchev–Trinajstić information content (AvgIpc) is 2.46. The molecule has 2 aromatic rings. The number of ether oxygens (including phenoxy) is 1. The van der Waals surface area contributed by atoms with Crippen molar-refractivity contribution in [3.05, 3.63) is 53.1 Å². The molecule has 2 aromatic carbocycles. The maximum Gasteiger partial charge on any atom is 0.218 e. The summed E-state index contributed by atoms with van der Waals surface area (Å²) in [5.74, 6) is -0.144. The minimum atomic E-state index is -1.99. The first-order chi connectivity index (χ1) is 9.52. The van der Waals surface area contributed by atoms with E-state index in [1.54, 1.807) is 31.4 Å². The predicted molar refractivity (Wildman–Crippen MR) is 76.0 cm³/mol. The molecule has 0 radical (unpaired) electrons. The molecule has 0 spiro atoms. The van der Waals surface area contributed by atoms with Crippen molar-refractivity contribution >= 4 is 17.4 Å². The fourth-order valence-electron chi connectivity index (χ4n) is 1.82. The molecule has 104 valence electrons. The van der Waals surface area contributed by atoms with Gasteiger partial charge in [0, 0.05) is 5.56 Å². The highest BCUT2D eigenvalue weighted by atomic mass is 35.5. The standard InChI is InChI=1S/C15H13ClO4/c1-20-13-7-6-11(8-12(13)16)9-2-4-10(5-3-9)14(17)15(18)19/h2-8,15,18-19H,1H3. The van der Waals surface area contributed by atoms with Crippen LogP contribution in [-0.4, -0.2) is 29.4 Å². The summed E-state index contributed by atoms with van der Waals surface area (Å²) in [5, 5.41) is 18.2. The summed E-state index contributed by atoms with van der Waals surface area (Å²) < 4.78 is 5.08. The van der Waals surface area contributed by atoms with Crippen LogP contribution in [0.15, 0.2) is 42.5 Å². The van der Waals surface area contributed by atoms with Gasteiger partial charge in [-0.25, -0.2) is 0 Å². The fraction of sp³-hybridized carbons (Fsp3) is 0.133. The molecule has 0 heterocycles. The van der Waals surface area contributed by atoms with Gasteiger partial charge in [-0.1, -0.05) is 41.9 Å². The van der Waals surface area contributed by atoms with Crippen LogP contribution in [0, 0.1) is 0 Å². The van der Waals surface area contributed by atoms with Crippen LogP contribution in [0.5, 0.6) is 5.75 Å². The van der Waals surface area contributed by atoms with Crippen LogP contribution in [0.3, 0.4) is 0 Å². The monoisotopic (exact) mass is 292 g/mol. The van der Waals surface area contributed by atoms with Crippen LogP contribution >= 0.6 is 11.6 Å². The first-order valence-corrected chi connectivity index (χ1v) is 6.25. The van der Waals surface area contributed by atoms with E-state index in [0.29, 0.717) is 10.8 Å². The largest absolute Gasteiger partial charge is 0.495 e. The van der Waals surface area contributed by atoms with Crippen LogP contribution in [0.4, 0.5) is 0 Å². The lowest BCUT2D eigenvalue weighted by molar-refractivity contribution is -0.0195. The van der Waals surface area contributed by atoms with Crippen LogP contribution < -0.4 is 4.74 Å². The Kier molecular flexibility index (Phi) is 4.39. The highest BCUT2D eigenvalue weighted by Crippen LogP contribution is 2.30. The molecule has 0 aliphatic rings. The van der Waals surface area contributed by atoms with Crippen LogP contribution in [0.2, 0.25) is 5.02 Å². The molecule has 2 rings (SSSR count). The quantitative estimate of drug-likeness (QED) is 0.671. The fourth-order valence-corrected chi connectivity index (χ4v) is 2.08. The number of aliphatic hydroxyl groups is 2. The summed E-state index contributed by atoms with van der Waals surface area (Å²) in [7, 11) is 1.54. The lowest BCUT2D eigenvalue weighted by atomic mass is 10.0. The lowest BCUT2D eigenvalue weighted by Gasteiger charge is -2.07. The van der Waals surface area contributed by atoms with Crippen molar-refractivity contribution in [1.82, 2.24) is 0 Å². The molecule has 4 nitrogen and oxygen atoms in total. The lowest BCUT2D eigenvalue weighted by Crippen LogP contribution is -2.19. The Labute approximate surface area is 121 Å². The van der Waals surface area contributed by atoms with Crippen molar-refractivity contribution in [3.63, 3.8) is 0 Å². The van der Waals surface area contributed by atoms with E-state index in [1.165, 1.54) is 12.1 Å². The van der Waals surface area contributed by atoms with E-state index in [0.717, 1.165) is 11.1 Å². The number of aliphatic hydroxyl groups excluding tert-OH is 1. The van der Waals surface area contributed by atoms with E-state index in [1.807, 2.05) is 6.07 Å². The topological polar surface area (TPSA) is 66.8 Å². The van der Waals surface area contributed by atoms with Gasteiger partial charge in [0.15, 0.2) is 0 Å². The maximum absolute atomic E-state index is 11.4. The van der Waals surface area contributed by atoms with Gasteiger partial charge in [0.1, 0.15) is 5.75 Å². The minimum absolute atomic E-state index is 0.239. The summed E-state index contributed by atoms with van der Waals surface area (Å²) in [4.78, 5) is 11.4. The van der Waals surface area contributed by atoms with Crippen molar-refractivity contribution < 1.29 is 19.7 Å². The third-order valence-corrected chi connectivity index (χ3v) is 3.18. The first-order valence-electron chi connectivity index (χ1n) is 5.87. The number of rotatable bonds is 4. The molecule has 0 saturated heterocycles. The highest BCUT2D eigenvalue weighted by Gasteiger charge is 2.13. The zero-order chi connectivity index (χ0) is 14.7. The van der Waals surface area contributed by atoms with E-state index < -0.39 is 12.1 Å². The minimum Gasteiger partial charge on any atom is -0.495 e. The van der Waals surface area contributed by atoms with Crippen molar-refractivity contribution in [3.8, 4) is 16.9 Å². The number of benzene rings is 2.